The van der Waals surface area contributed by atoms with Gasteiger partial charge in [0, 0.05) is 20.3 Å². The molecule has 20 heteroatoms. The summed E-state index contributed by atoms with van der Waals surface area (Å²) in [5.41, 5.74) is 0. The molecule has 16 atom stereocenters. The Labute approximate surface area is 262 Å². The number of rotatable bonds is 12. The van der Waals surface area contributed by atoms with Gasteiger partial charge in [0.05, 0.1) is 44.1 Å². The second kappa shape index (κ2) is 15.8. The Bertz CT molecular complexity index is 1050. The number of carbonyl (C=O) groups is 3. The van der Waals surface area contributed by atoms with Gasteiger partial charge >= 0.3 is 5.97 Å². The zero-order valence-corrected chi connectivity index (χ0v) is 25.2. The minimum Gasteiger partial charge on any atom is -0.477 e. The predicted octanol–water partition coefficient (Wildman–Crippen LogP) is -7.01. The van der Waals surface area contributed by atoms with E-state index in [0.717, 1.165) is 6.92 Å². The predicted molar refractivity (Wildman–Crippen MR) is 145 cm³/mol. The minimum absolute atomic E-state index is 0.560. The van der Waals surface area contributed by atoms with Gasteiger partial charge in [0.2, 0.25) is 11.8 Å². The van der Waals surface area contributed by atoms with Crippen LogP contribution in [-0.2, 0) is 38.1 Å². The van der Waals surface area contributed by atoms with Crippen LogP contribution in [0.15, 0.2) is 0 Å². The van der Waals surface area contributed by atoms with Crippen LogP contribution in [0.1, 0.15) is 27.2 Å². The number of aliphatic hydroxyl groups excluding tert-OH is 9. The quantitative estimate of drug-likeness (QED) is 0.0916. The molecule has 3 rings (SSSR count). The standard InChI is InChI=1S/C26H44N2O18/c1-8-15(27-9(2)32)21(18(37)13(6-30)42-8)44-24-20(39)23(19(38)14(7-31)43-24)46-26(25(40)41)4-11(34)16(28-10(3)33)22(45-26)17(36)12(35)5-29/h8,11-24,29-31,34-39H,4-7H2,1-3H3,(H,27,32)(H,28,33)(H,40,41)/t8-,11-,12+,13?,14?,15?,16+,17+,18-,19-,20?,21+,22?,23-,24-,26-/m0/s1. The first-order chi connectivity index (χ1) is 21.5. The third-order valence-corrected chi connectivity index (χ3v) is 8.14. The van der Waals surface area contributed by atoms with Crippen molar-refractivity contribution in [3.05, 3.63) is 0 Å². The van der Waals surface area contributed by atoms with Crippen molar-refractivity contribution in [1.82, 2.24) is 10.6 Å². The van der Waals surface area contributed by atoms with Crippen LogP contribution in [0.2, 0.25) is 0 Å². The molecule has 0 radical (unpaired) electrons. The summed E-state index contributed by atoms with van der Waals surface area (Å²) >= 11 is 0. The van der Waals surface area contributed by atoms with Crippen molar-refractivity contribution < 1.29 is 89.1 Å². The zero-order valence-electron chi connectivity index (χ0n) is 25.2. The SMILES string of the molecule is CC(=O)NC1[C@H](C)OC(CO)[C@H](O)[C@@H]1O[C@@H]1OC(CO)[C@H](O)[C@H](O[C@]2(C(=O)O)C[C@H](O)[C@@H](NC(C)=O)C([C@H](O)[C@H](O)CO)O2)C1O. The van der Waals surface area contributed by atoms with Crippen molar-refractivity contribution in [2.45, 2.75) is 125 Å². The largest absolute Gasteiger partial charge is 0.477 e. The molecular formula is C26H44N2O18. The van der Waals surface area contributed by atoms with Crippen LogP contribution in [0.3, 0.4) is 0 Å². The van der Waals surface area contributed by atoms with Gasteiger partial charge in [0.1, 0.15) is 61.0 Å². The molecule has 266 valence electrons. The highest BCUT2D eigenvalue weighted by Gasteiger charge is 2.60. The highest BCUT2D eigenvalue weighted by Crippen LogP contribution is 2.38. The maximum absolute atomic E-state index is 12.7. The van der Waals surface area contributed by atoms with Crippen molar-refractivity contribution >= 4 is 17.8 Å². The van der Waals surface area contributed by atoms with E-state index < -0.39 is 141 Å². The Kier molecular flexibility index (Phi) is 13.2. The van der Waals surface area contributed by atoms with Crippen LogP contribution in [0.5, 0.6) is 0 Å². The number of ether oxygens (including phenoxy) is 5. The summed E-state index contributed by atoms with van der Waals surface area (Å²) in [4.78, 5) is 36.4. The Morgan fingerprint density at radius 1 is 0.870 bits per heavy atom. The number of carboxylic acid groups (broad SMARTS) is 1. The smallest absolute Gasteiger partial charge is 0.364 e. The molecule has 5 unspecified atom stereocenters. The Hall–Kier alpha value is -2.15. The number of aliphatic hydroxyl groups is 9. The van der Waals surface area contributed by atoms with Gasteiger partial charge in [-0.1, -0.05) is 0 Å². The molecule has 3 heterocycles. The van der Waals surface area contributed by atoms with Crippen molar-refractivity contribution in [3.8, 4) is 0 Å². The maximum Gasteiger partial charge on any atom is 0.364 e. The third-order valence-electron chi connectivity index (χ3n) is 8.14. The summed E-state index contributed by atoms with van der Waals surface area (Å²) in [5.74, 6) is -6.25. The molecule has 0 aromatic heterocycles. The fraction of sp³-hybridized carbons (Fsp3) is 0.885. The summed E-state index contributed by atoms with van der Waals surface area (Å²) < 4.78 is 28.1. The number of carboxylic acids is 1. The van der Waals surface area contributed by atoms with Gasteiger partial charge in [-0.25, -0.2) is 4.79 Å². The Balaban J connectivity index is 1.98. The molecule has 46 heavy (non-hydrogen) atoms. The molecule has 3 fully saturated rings. The van der Waals surface area contributed by atoms with E-state index in [1.807, 2.05) is 0 Å². The summed E-state index contributed by atoms with van der Waals surface area (Å²) in [5, 5.41) is 109. The lowest BCUT2D eigenvalue weighted by atomic mass is 9.88. The van der Waals surface area contributed by atoms with Crippen LogP contribution < -0.4 is 10.6 Å². The number of nitrogens with one attached hydrogen (secondary N) is 2. The molecule has 0 bridgehead atoms. The molecule has 0 saturated carbocycles. The molecule has 3 saturated heterocycles. The second-order valence-corrected chi connectivity index (χ2v) is 11.5. The molecule has 0 aromatic carbocycles. The van der Waals surface area contributed by atoms with Crippen LogP contribution in [-0.4, -0.2) is 186 Å². The third kappa shape index (κ3) is 8.10. The van der Waals surface area contributed by atoms with E-state index in [1.165, 1.54) is 13.8 Å². The number of hydrogen-bond acceptors (Lipinski definition) is 17. The van der Waals surface area contributed by atoms with Crippen molar-refractivity contribution in [1.29, 1.82) is 0 Å². The van der Waals surface area contributed by atoms with Crippen molar-refractivity contribution in [2.24, 2.45) is 0 Å². The highest BCUT2D eigenvalue weighted by atomic mass is 16.8. The van der Waals surface area contributed by atoms with Crippen LogP contribution in [0.25, 0.3) is 0 Å². The monoisotopic (exact) mass is 672 g/mol. The van der Waals surface area contributed by atoms with E-state index in [-0.39, 0.29) is 0 Å². The normalized spacial score (nSPS) is 42.9. The second-order valence-electron chi connectivity index (χ2n) is 11.5. The number of carbonyl (C=O) groups excluding carboxylic acids is 2. The molecule has 12 N–H and O–H groups in total. The molecule has 3 aliphatic rings. The number of hydrogen-bond donors (Lipinski definition) is 12. The van der Waals surface area contributed by atoms with Crippen LogP contribution in [0, 0.1) is 0 Å². The number of aliphatic carboxylic acids is 1. The van der Waals surface area contributed by atoms with Crippen molar-refractivity contribution in [3.63, 3.8) is 0 Å². The highest BCUT2D eigenvalue weighted by molar-refractivity contribution is 5.76. The first-order valence-corrected chi connectivity index (χ1v) is 14.5. The Morgan fingerprint density at radius 2 is 1.41 bits per heavy atom. The molecule has 2 amide bonds. The molecule has 20 nitrogen and oxygen atoms in total. The van der Waals surface area contributed by atoms with Gasteiger partial charge < -0.3 is 85.4 Å². The lowest BCUT2D eigenvalue weighted by Crippen LogP contribution is -2.71. The van der Waals surface area contributed by atoms with E-state index >= 15 is 0 Å². The topological polar surface area (TPSA) is 324 Å². The number of amides is 2. The van der Waals surface area contributed by atoms with Gasteiger partial charge in [-0.15, -0.1) is 0 Å². The van der Waals surface area contributed by atoms with E-state index in [0.29, 0.717) is 0 Å². The summed E-state index contributed by atoms with van der Waals surface area (Å²) in [6.45, 7) is 1.08. The first kappa shape index (κ1) is 38.3. The average molecular weight is 673 g/mol. The fourth-order valence-electron chi connectivity index (χ4n) is 5.81. The molecule has 0 aliphatic carbocycles. The zero-order chi connectivity index (χ0) is 34.7. The summed E-state index contributed by atoms with van der Waals surface area (Å²) in [6.07, 6.45) is -23.7. The lowest BCUT2D eigenvalue weighted by molar-refractivity contribution is -0.378. The summed E-state index contributed by atoms with van der Waals surface area (Å²) in [6, 6.07) is -2.62. The molecule has 3 aliphatic heterocycles. The van der Waals surface area contributed by atoms with Crippen molar-refractivity contribution in [2.75, 3.05) is 19.8 Å². The van der Waals surface area contributed by atoms with Gasteiger partial charge in [0.15, 0.2) is 6.29 Å². The summed E-state index contributed by atoms with van der Waals surface area (Å²) in [7, 11) is 0. The maximum atomic E-state index is 12.7. The van der Waals surface area contributed by atoms with Crippen LogP contribution in [0.4, 0.5) is 0 Å². The fourth-order valence-corrected chi connectivity index (χ4v) is 5.81. The van der Waals surface area contributed by atoms with E-state index in [4.69, 9.17) is 23.7 Å². The van der Waals surface area contributed by atoms with Gasteiger partial charge in [0.25, 0.3) is 5.79 Å². The average Bonchev–Trinajstić information content (AvgIpc) is 2.99. The van der Waals surface area contributed by atoms with E-state index in [2.05, 4.69) is 10.6 Å². The molecular weight excluding hydrogens is 628 g/mol. The van der Waals surface area contributed by atoms with Crippen LogP contribution >= 0.6 is 0 Å². The van der Waals surface area contributed by atoms with E-state index in [1.54, 1.807) is 0 Å². The Morgan fingerprint density at radius 3 is 1.93 bits per heavy atom. The minimum atomic E-state index is -3.00. The lowest BCUT2D eigenvalue weighted by Gasteiger charge is -2.51. The molecule has 0 spiro atoms. The van der Waals surface area contributed by atoms with Gasteiger partial charge in [-0.2, -0.15) is 0 Å². The van der Waals surface area contributed by atoms with Gasteiger partial charge in [-0.05, 0) is 6.92 Å². The van der Waals surface area contributed by atoms with Gasteiger partial charge in [-0.3, -0.25) is 9.59 Å². The molecule has 0 aromatic rings. The first-order valence-electron chi connectivity index (χ1n) is 14.5. The van der Waals surface area contributed by atoms with E-state index in [9.17, 15) is 65.4 Å².